The van der Waals surface area contributed by atoms with E-state index in [2.05, 4.69) is 13.8 Å². The van der Waals surface area contributed by atoms with Crippen molar-refractivity contribution >= 4 is 17.4 Å². The van der Waals surface area contributed by atoms with Crippen LogP contribution in [0.15, 0.2) is 0 Å². The molecular weight excluding hydrogens is 158 g/mol. The number of nitrogens with zero attached hydrogens (tertiary/aromatic N) is 1. The molecule has 0 spiro atoms. The molecule has 0 bridgehead atoms. The van der Waals surface area contributed by atoms with E-state index in [0.717, 1.165) is 0 Å². The fourth-order valence-electron chi connectivity index (χ4n) is 0.496. The van der Waals surface area contributed by atoms with Crippen LogP contribution in [0.4, 0.5) is 0 Å². The highest BCUT2D eigenvalue weighted by Crippen LogP contribution is 2.00. The van der Waals surface area contributed by atoms with Gasteiger partial charge in [0.25, 0.3) is 5.17 Å². The average molecular weight is 175 g/mol. The van der Waals surface area contributed by atoms with Gasteiger partial charge in [-0.05, 0) is 39.9 Å². The molecular formula is C8H17NOS. The van der Waals surface area contributed by atoms with Crippen molar-refractivity contribution in [2.24, 2.45) is 0 Å². The molecule has 0 fully saturated rings. The lowest BCUT2D eigenvalue weighted by Crippen LogP contribution is -2.34. The van der Waals surface area contributed by atoms with Crippen molar-refractivity contribution < 1.29 is 4.74 Å². The first kappa shape index (κ1) is 10.7. The highest BCUT2D eigenvalue weighted by Gasteiger charge is 2.09. The fourth-order valence-corrected chi connectivity index (χ4v) is 0.899. The van der Waals surface area contributed by atoms with Crippen LogP contribution in [0.2, 0.25) is 0 Å². The van der Waals surface area contributed by atoms with Crippen molar-refractivity contribution in [3.8, 4) is 0 Å². The first-order valence-electron chi connectivity index (χ1n) is 3.88. The van der Waals surface area contributed by atoms with Gasteiger partial charge < -0.3 is 9.64 Å². The maximum absolute atomic E-state index is 5.33. The van der Waals surface area contributed by atoms with Crippen molar-refractivity contribution in [1.29, 1.82) is 0 Å². The Morgan fingerprint density at radius 2 is 1.73 bits per heavy atom. The molecule has 0 aliphatic carbocycles. The third kappa shape index (κ3) is 4.19. The summed E-state index contributed by atoms with van der Waals surface area (Å²) in [5.41, 5.74) is 0. The molecule has 0 atom stereocenters. The largest absolute Gasteiger partial charge is 0.468 e. The van der Waals surface area contributed by atoms with Gasteiger partial charge in [0.1, 0.15) is 0 Å². The highest BCUT2D eigenvalue weighted by molar-refractivity contribution is 7.80. The summed E-state index contributed by atoms with van der Waals surface area (Å²) in [7, 11) is 1.94. The van der Waals surface area contributed by atoms with Crippen molar-refractivity contribution in [3.05, 3.63) is 0 Å². The molecule has 0 radical (unpaired) electrons. The Bertz CT molecular complexity index is 134. The standard InChI is InChI=1S/C8H17NOS/c1-6(2)9(5)8(11)10-7(3)4/h6-7H,1-5H3. The molecule has 0 aliphatic rings. The molecule has 0 N–H and O–H groups in total. The van der Waals surface area contributed by atoms with Crippen LogP contribution in [0.25, 0.3) is 0 Å². The van der Waals surface area contributed by atoms with E-state index in [1.54, 1.807) is 0 Å². The molecule has 11 heavy (non-hydrogen) atoms. The minimum Gasteiger partial charge on any atom is -0.468 e. The van der Waals surface area contributed by atoms with Gasteiger partial charge in [0.15, 0.2) is 0 Å². The number of rotatable bonds is 2. The molecule has 66 valence electrons. The summed E-state index contributed by atoms with van der Waals surface area (Å²) in [6.45, 7) is 8.10. The van der Waals surface area contributed by atoms with Gasteiger partial charge in [0.05, 0.1) is 6.10 Å². The Labute approximate surface area is 74.5 Å². The lowest BCUT2D eigenvalue weighted by Gasteiger charge is -2.25. The first-order chi connectivity index (χ1) is 4.95. The van der Waals surface area contributed by atoms with Crippen LogP contribution in [0.3, 0.4) is 0 Å². The predicted molar refractivity (Wildman–Crippen MR) is 51.7 cm³/mol. The Morgan fingerprint density at radius 1 is 1.27 bits per heavy atom. The lowest BCUT2D eigenvalue weighted by molar-refractivity contribution is 0.186. The second-order valence-electron chi connectivity index (χ2n) is 3.14. The molecule has 0 saturated carbocycles. The molecule has 0 amide bonds. The van der Waals surface area contributed by atoms with Crippen LogP contribution in [0.5, 0.6) is 0 Å². The molecule has 0 aromatic rings. The zero-order valence-electron chi connectivity index (χ0n) is 7.92. The molecule has 0 saturated heterocycles. The van der Waals surface area contributed by atoms with Crippen LogP contribution < -0.4 is 0 Å². The molecule has 0 rings (SSSR count). The van der Waals surface area contributed by atoms with Crippen LogP contribution in [-0.4, -0.2) is 29.3 Å². The first-order valence-corrected chi connectivity index (χ1v) is 4.29. The summed E-state index contributed by atoms with van der Waals surface area (Å²) < 4.78 is 5.33. The molecule has 2 nitrogen and oxygen atoms in total. The molecule has 3 heteroatoms. The lowest BCUT2D eigenvalue weighted by atomic mass is 10.4. The Kier molecular flexibility index (Phi) is 4.42. The van der Waals surface area contributed by atoms with Gasteiger partial charge in [-0.3, -0.25) is 0 Å². The Hall–Kier alpha value is -0.310. The number of ether oxygens (including phenoxy) is 1. The summed E-state index contributed by atoms with van der Waals surface area (Å²) in [6.07, 6.45) is 0.170. The van der Waals surface area contributed by atoms with E-state index in [1.165, 1.54) is 0 Å². The van der Waals surface area contributed by atoms with E-state index >= 15 is 0 Å². The summed E-state index contributed by atoms with van der Waals surface area (Å²) in [4.78, 5) is 1.94. The van der Waals surface area contributed by atoms with Gasteiger partial charge in [-0.1, -0.05) is 0 Å². The van der Waals surface area contributed by atoms with E-state index in [4.69, 9.17) is 17.0 Å². The second-order valence-corrected chi connectivity index (χ2v) is 3.49. The summed E-state index contributed by atoms with van der Waals surface area (Å²) in [5, 5.41) is 0.579. The Balaban J connectivity index is 3.83. The third-order valence-corrected chi connectivity index (χ3v) is 1.78. The van der Waals surface area contributed by atoms with Gasteiger partial charge in [0.2, 0.25) is 0 Å². The topological polar surface area (TPSA) is 12.5 Å². The Morgan fingerprint density at radius 3 is 2.00 bits per heavy atom. The van der Waals surface area contributed by atoms with Crippen molar-refractivity contribution in [2.45, 2.75) is 39.8 Å². The molecule has 0 aliphatic heterocycles. The zero-order chi connectivity index (χ0) is 9.02. The SMILES string of the molecule is CC(C)OC(=S)N(C)C(C)C. The van der Waals surface area contributed by atoms with Gasteiger partial charge in [-0.2, -0.15) is 0 Å². The van der Waals surface area contributed by atoms with Gasteiger partial charge in [-0.25, -0.2) is 0 Å². The summed E-state index contributed by atoms with van der Waals surface area (Å²) in [5.74, 6) is 0. The quantitative estimate of drug-likeness (QED) is 0.596. The molecule has 0 aromatic heterocycles. The van der Waals surface area contributed by atoms with E-state index in [1.807, 2.05) is 25.8 Å². The van der Waals surface area contributed by atoms with E-state index in [9.17, 15) is 0 Å². The van der Waals surface area contributed by atoms with Crippen LogP contribution in [0.1, 0.15) is 27.7 Å². The van der Waals surface area contributed by atoms with Gasteiger partial charge in [-0.15, -0.1) is 0 Å². The second kappa shape index (κ2) is 4.54. The number of hydrogen-bond acceptors (Lipinski definition) is 2. The smallest absolute Gasteiger partial charge is 0.259 e. The zero-order valence-corrected chi connectivity index (χ0v) is 8.73. The minimum absolute atomic E-state index is 0.170. The van der Waals surface area contributed by atoms with Crippen LogP contribution >= 0.6 is 12.2 Å². The van der Waals surface area contributed by atoms with E-state index in [0.29, 0.717) is 11.2 Å². The normalized spacial score (nSPS) is 10.5. The predicted octanol–water partition coefficient (Wildman–Crippen LogP) is 2.04. The maximum atomic E-state index is 5.33. The van der Waals surface area contributed by atoms with Gasteiger partial charge >= 0.3 is 0 Å². The van der Waals surface area contributed by atoms with Crippen LogP contribution in [-0.2, 0) is 4.74 Å². The molecule has 0 unspecified atom stereocenters. The number of thiocarbonyl (C=S) groups is 1. The average Bonchev–Trinajstić information content (AvgIpc) is 1.84. The summed E-state index contributed by atoms with van der Waals surface area (Å²) in [6, 6.07) is 0.404. The van der Waals surface area contributed by atoms with Crippen LogP contribution in [0, 0.1) is 0 Å². The molecule has 0 aromatic carbocycles. The van der Waals surface area contributed by atoms with Crippen molar-refractivity contribution in [1.82, 2.24) is 4.90 Å². The third-order valence-electron chi connectivity index (χ3n) is 1.40. The van der Waals surface area contributed by atoms with Crippen molar-refractivity contribution in [2.75, 3.05) is 7.05 Å². The minimum atomic E-state index is 0.170. The van der Waals surface area contributed by atoms with Gasteiger partial charge in [0, 0.05) is 13.1 Å². The van der Waals surface area contributed by atoms with E-state index in [-0.39, 0.29) is 6.10 Å². The maximum Gasteiger partial charge on any atom is 0.259 e. The summed E-state index contributed by atoms with van der Waals surface area (Å²) >= 11 is 5.03. The highest BCUT2D eigenvalue weighted by atomic mass is 32.1. The van der Waals surface area contributed by atoms with E-state index < -0.39 is 0 Å². The molecule has 0 heterocycles. The van der Waals surface area contributed by atoms with Crippen molar-refractivity contribution in [3.63, 3.8) is 0 Å². The number of hydrogen-bond donors (Lipinski definition) is 0. The monoisotopic (exact) mass is 175 g/mol. The fraction of sp³-hybridized carbons (Fsp3) is 0.875.